The van der Waals surface area contributed by atoms with E-state index in [1.54, 1.807) is 30.3 Å². The number of halogens is 4. The zero-order valence-electron chi connectivity index (χ0n) is 19.4. The molecule has 0 aromatic heterocycles. The Morgan fingerprint density at radius 3 is 2.27 bits per heavy atom. The average molecular weight is 523 g/mol. The number of rotatable bonds is 5. The molecule has 1 heterocycles. The molecule has 0 bridgehead atoms. The van der Waals surface area contributed by atoms with E-state index < -0.39 is 12.1 Å². The van der Waals surface area contributed by atoms with E-state index in [0.29, 0.717) is 15.6 Å². The van der Waals surface area contributed by atoms with Gasteiger partial charge >= 0.3 is 6.18 Å². The van der Waals surface area contributed by atoms with E-state index in [9.17, 15) is 18.0 Å². The molecule has 1 fully saturated rings. The SMILES string of the molecule is Cc1cc(C(/C=C/c2ccc(C(=O)NC3CCN(C)CC3)c(Br)c2)C(F)(F)F)cc(C)c1C. The molecule has 178 valence electrons. The van der Waals surface area contributed by atoms with Crippen molar-refractivity contribution in [1.29, 1.82) is 0 Å². The fourth-order valence-electron chi connectivity index (χ4n) is 4.10. The monoisotopic (exact) mass is 522 g/mol. The lowest BCUT2D eigenvalue weighted by Gasteiger charge is -2.29. The number of carbonyl (C=O) groups is 1. The Morgan fingerprint density at radius 1 is 1.12 bits per heavy atom. The molecule has 1 aliphatic heterocycles. The minimum Gasteiger partial charge on any atom is -0.349 e. The van der Waals surface area contributed by atoms with Gasteiger partial charge in [-0.05, 0) is 110 Å². The van der Waals surface area contributed by atoms with Gasteiger partial charge in [-0.2, -0.15) is 13.2 Å². The van der Waals surface area contributed by atoms with Gasteiger partial charge in [0.25, 0.3) is 5.91 Å². The van der Waals surface area contributed by atoms with E-state index in [1.807, 2.05) is 20.8 Å². The Morgan fingerprint density at radius 2 is 1.73 bits per heavy atom. The van der Waals surface area contributed by atoms with Crippen molar-refractivity contribution in [2.24, 2.45) is 0 Å². The van der Waals surface area contributed by atoms with Crippen molar-refractivity contribution in [3.63, 3.8) is 0 Å². The molecule has 3 rings (SSSR count). The minimum absolute atomic E-state index is 0.133. The molecule has 1 unspecified atom stereocenters. The second-order valence-electron chi connectivity index (χ2n) is 8.95. The van der Waals surface area contributed by atoms with Gasteiger partial charge in [0.05, 0.1) is 11.5 Å². The summed E-state index contributed by atoms with van der Waals surface area (Å²) in [5.74, 6) is -1.88. The molecule has 1 amide bonds. The number of nitrogens with zero attached hydrogens (tertiary/aromatic N) is 1. The number of allylic oxidation sites excluding steroid dienone is 1. The summed E-state index contributed by atoms with van der Waals surface area (Å²) in [6.45, 7) is 7.45. The Balaban J connectivity index is 1.78. The molecular formula is C26H30BrF3N2O. The van der Waals surface area contributed by atoms with Crippen molar-refractivity contribution in [2.45, 2.75) is 51.7 Å². The molecule has 33 heavy (non-hydrogen) atoms. The predicted molar refractivity (Wildman–Crippen MR) is 131 cm³/mol. The first-order valence-corrected chi connectivity index (χ1v) is 11.9. The number of hydrogen-bond acceptors (Lipinski definition) is 2. The minimum atomic E-state index is -4.41. The first-order valence-electron chi connectivity index (χ1n) is 11.1. The summed E-state index contributed by atoms with van der Waals surface area (Å²) < 4.78 is 42.1. The van der Waals surface area contributed by atoms with Crippen LogP contribution < -0.4 is 5.32 Å². The lowest BCUT2D eigenvalue weighted by Crippen LogP contribution is -2.43. The summed E-state index contributed by atoms with van der Waals surface area (Å²) in [4.78, 5) is 14.9. The van der Waals surface area contributed by atoms with Gasteiger partial charge in [0, 0.05) is 10.5 Å². The van der Waals surface area contributed by atoms with E-state index >= 15 is 0 Å². The van der Waals surface area contributed by atoms with Gasteiger partial charge in [-0.15, -0.1) is 0 Å². The van der Waals surface area contributed by atoms with Gasteiger partial charge in [-0.3, -0.25) is 4.79 Å². The Labute approximate surface area is 202 Å². The van der Waals surface area contributed by atoms with Crippen molar-refractivity contribution < 1.29 is 18.0 Å². The number of benzene rings is 2. The number of piperidine rings is 1. The normalized spacial score (nSPS) is 16.8. The van der Waals surface area contributed by atoms with Crippen molar-refractivity contribution in [3.05, 3.63) is 74.3 Å². The average Bonchev–Trinajstić information content (AvgIpc) is 2.72. The maximum atomic E-state index is 13.9. The highest BCUT2D eigenvalue weighted by Crippen LogP contribution is 2.38. The maximum absolute atomic E-state index is 13.9. The maximum Gasteiger partial charge on any atom is 0.399 e. The van der Waals surface area contributed by atoms with Crippen LogP contribution in [0.2, 0.25) is 0 Å². The summed E-state index contributed by atoms with van der Waals surface area (Å²) in [6, 6.07) is 8.35. The molecule has 0 spiro atoms. The standard InChI is InChI=1S/C26H30BrF3N2O/c1-16-13-20(14-17(2)18(16)3)23(26(28,29)30)8-6-19-5-7-22(24(27)15-19)25(33)31-21-9-11-32(4)12-10-21/h5-8,13-15,21,23H,9-12H2,1-4H3,(H,31,33)/b8-6+. The number of amides is 1. The van der Waals surface area contributed by atoms with Gasteiger partial charge in [0.2, 0.25) is 0 Å². The predicted octanol–water partition coefficient (Wildman–Crippen LogP) is 6.56. The summed E-state index contributed by atoms with van der Waals surface area (Å²) in [7, 11) is 2.06. The van der Waals surface area contributed by atoms with Crippen LogP contribution in [0.1, 0.15) is 56.9 Å². The van der Waals surface area contributed by atoms with Crippen molar-refractivity contribution in [2.75, 3.05) is 20.1 Å². The number of hydrogen-bond donors (Lipinski definition) is 1. The fourth-order valence-corrected chi connectivity index (χ4v) is 4.68. The number of aryl methyl sites for hydroxylation is 2. The van der Waals surface area contributed by atoms with Gasteiger partial charge in [-0.1, -0.05) is 30.4 Å². The number of alkyl halides is 3. The van der Waals surface area contributed by atoms with Crippen LogP contribution in [0, 0.1) is 20.8 Å². The first kappa shape index (κ1) is 25.5. The fraction of sp³-hybridized carbons (Fsp3) is 0.423. The Bertz CT molecular complexity index is 1020. The van der Waals surface area contributed by atoms with Crippen molar-refractivity contribution >= 4 is 27.9 Å². The smallest absolute Gasteiger partial charge is 0.349 e. The van der Waals surface area contributed by atoms with E-state index in [1.165, 1.54) is 12.2 Å². The lowest BCUT2D eigenvalue weighted by atomic mass is 9.91. The molecular weight excluding hydrogens is 493 g/mol. The quantitative estimate of drug-likeness (QED) is 0.482. The van der Waals surface area contributed by atoms with Crippen LogP contribution >= 0.6 is 15.9 Å². The highest BCUT2D eigenvalue weighted by Gasteiger charge is 2.39. The van der Waals surface area contributed by atoms with Crippen molar-refractivity contribution in [3.8, 4) is 0 Å². The third-order valence-electron chi connectivity index (χ3n) is 6.43. The zero-order chi connectivity index (χ0) is 24.3. The molecule has 0 saturated carbocycles. The van der Waals surface area contributed by atoms with Gasteiger partial charge in [0.1, 0.15) is 0 Å². The highest BCUT2D eigenvalue weighted by atomic mass is 79.9. The van der Waals surface area contributed by atoms with Gasteiger partial charge < -0.3 is 10.2 Å². The molecule has 2 aromatic carbocycles. The van der Waals surface area contributed by atoms with Crippen molar-refractivity contribution in [1.82, 2.24) is 10.2 Å². The summed E-state index contributed by atoms with van der Waals surface area (Å²) in [6.07, 6.45) is 0.0421. The van der Waals surface area contributed by atoms with Crippen LogP contribution in [-0.4, -0.2) is 43.2 Å². The molecule has 7 heteroatoms. The number of carbonyl (C=O) groups excluding carboxylic acids is 1. The van der Waals surface area contributed by atoms with Crippen LogP contribution in [-0.2, 0) is 0 Å². The third-order valence-corrected chi connectivity index (χ3v) is 7.09. The number of nitrogens with one attached hydrogen (secondary N) is 1. The largest absolute Gasteiger partial charge is 0.399 e. The molecule has 1 N–H and O–H groups in total. The zero-order valence-corrected chi connectivity index (χ0v) is 21.0. The lowest BCUT2D eigenvalue weighted by molar-refractivity contribution is -0.139. The van der Waals surface area contributed by atoms with E-state index in [4.69, 9.17) is 0 Å². The second kappa shape index (κ2) is 10.4. The molecule has 1 aliphatic rings. The Kier molecular flexibility index (Phi) is 8.06. The van der Waals surface area contributed by atoms with Crippen LogP contribution in [0.3, 0.4) is 0 Å². The Hall–Kier alpha value is -2.12. The van der Waals surface area contributed by atoms with E-state index in [2.05, 4.69) is 33.2 Å². The molecule has 2 aromatic rings. The summed E-state index contributed by atoms with van der Waals surface area (Å²) >= 11 is 3.42. The molecule has 0 radical (unpaired) electrons. The number of likely N-dealkylation sites (tertiary alicyclic amines) is 1. The molecule has 1 saturated heterocycles. The topological polar surface area (TPSA) is 32.3 Å². The molecule has 1 atom stereocenters. The van der Waals surface area contributed by atoms with Gasteiger partial charge in [-0.25, -0.2) is 0 Å². The van der Waals surface area contributed by atoms with Crippen LogP contribution in [0.15, 0.2) is 40.9 Å². The second-order valence-corrected chi connectivity index (χ2v) is 9.80. The van der Waals surface area contributed by atoms with Crippen LogP contribution in [0.5, 0.6) is 0 Å². The third kappa shape index (κ3) is 6.48. The van der Waals surface area contributed by atoms with Gasteiger partial charge in [0.15, 0.2) is 0 Å². The van der Waals surface area contributed by atoms with Crippen LogP contribution in [0.4, 0.5) is 13.2 Å². The van der Waals surface area contributed by atoms with E-state index in [-0.39, 0.29) is 17.5 Å². The van der Waals surface area contributed by atoms with E-state index in [0.717, 1.165) is 42.6 Å². The first-order chi connectivity index (χ1) is 15.5. The summed E-state index contributed by atoms with van der Waals surface area (Å²) in [5, 5.41) is 3.06. The van der Waals surface area contributed by atoms with Crippen LogP contribution in [0.25, 0.3) is 6.08 Å². The highest BCUT2D eigenvalue weighted by molar-refractivity contribution is 9.10. The molecule has 3 nitrogen and oxygen atoms in total. The summed E-state index contributed by atoms with van der Waals surface area (Å²) in [5.41, 5.74) is 3.98. The molecule has 0 aliphatic carbocycles.